The topological polar surface area (TPSA) is 38.3 Å². The van der Waals surface area contributed by atoms with Crippen molar-refractivity contribution in [3.63, 3.8) is 0 Å². The molecule has 2 aromatic rings. The van der Waals surface area contributed by atoms with Gasteiger partial charge in [0.05, 0.1) is 12.5 Å². The lowest BCUT2D eigenvalue weighted by atomic mass is 10.2. The third-order valence-electron chi connectivity index (χ3n) is 4.70. The summed E-state index contributed by atoms with van der Waals surface area (Å²) in [6.45, 7) is 7.36. The van der Waals surface area contributed by atoms with E-state index in [0.29, 0.717) is 13.0 Å². The zero-order valence-corrected chi connectivity index (χ0v) is 15.6. The van der Waals surface area contributed by atoms with Crippen LogP contribution in [0, 0.1) is 0 Å². The second kappa shape index (κ2) is 6.53. The van der Waals surface area contributed by atoms with Crippen LogP contribution < -0.4 is 15.7 Å². The van der Waals surface area contributed by atoms with Gasteiger partial charge < -0.3 is 9.74 Å². The fourth-order valence-electron chi connectivity index (χ4n) is 3.60. The minimum absolute atomic E-state index is 0.0542. The maximum absolute atomic E-state index is 11.7. The highest BCUT2D eigenvalue weighted by molar-refractivity contribution is 6.99. The number of carbonyl (C=O) groups is 1. The first kappa shape index (κ1) is 16.9. The highest BCUT2D eigenvalue weighted by atomic mass is 28.4. The van der Waals surface area contributed by atoms with Crippen molar-refractivity contribution in [2.45, 2.75) is 38.3 Å². The minimum Gasteiger partial charge on any atom is -0.402 e. The predicted molar refractivity (Wildman–Crippen MR) is 100 cm³/mol. The summed E-state index contributed by atoms with van der Waals surface area (Å²) >= 11 is 0. The summed E-state index contributed by atoms with van der Waals surface area (Å²) in [6.07, 6.45) is 0.383. The van der Waals surface area contributed by atoms with Gasteiger partial charge in [0.25, 0.3) is 8.32 Å². The van der Waals surface area contributed by atoms with Gasteiger partial charge in [-0.15, -0.1) is 0 Å². The van der Waals surface area contributed by atoms with Crippen LogP contribution in [0.25, 0.3) is 0 Å². The molecule has 2 aromatic carbocycles. The van der Waals surface area contributed by atoms with Crippen molar-refractivity contribution < 1.29 is 9.22 Å². The molecule has 1 heterocycles. The van der Waals surface area contributed by atoms with Crippen LogP contribution in [0.3, 0.4) is 0 Å². The largest absolute Gasteiger partial charge is 0.402 e. The number of nitrogens with one attached hydrogen (secondary N) is 1. The number of hydrogen-bond donors (Lipinski definition) is 1. The Kier molecular flexibility index (Phi) is 4.61. The summed E-state index contributed by atoms with van der Waals surface area (Å²) in [6, 6.07) is 21.1. The highest BCUT2D eigenvalue weighted by Gasteiger charge is 2.51. The van der Waals surface area contributed by atoms with Crippen molar-refractivity contribution in [1.82, 2.24) is 5.32 Å². The molecule has 1 fully saturated rings. The van der Waals surface area contributed by atoms with Crippen LogP contribution in [-0.4, -0.2) is 26.9 Å². The molecule has 3 nitrogen and oxygen atoms in total. The second-order valence-corrected chi connectivity index (χ2v) is 11.7. The minimum atomic E-state index is -2.54. The molecule has 3 rings (SSSR count). The summed E-state index contributed by atoms with van der Waals surface area (Å²) in [5, 5.41) is 5.36. The van der Waals surface area contributed by atoms with Gasteiger partial charge in [0, 0.05) is 6.54 Å². The van der Waals surface area contributed by atoms with Crippen LogP contribution in [0.2, 0.25) is 5.04 Å². The van der Waals surface area contributed by atoms with E-state index in [4.69, 9.17) is 4.43 Å². The van der Waals surface area contributed by atoms with E-state index in [1.54, 1.807) is 0 Å². The Bertz CT molecular complexity index is 655. The third kappa shape index (κ3) is 3.04. The van der Waals surface area contributed by atoms with Crippen LogP contribution >= 0.6 is 0 Å². The molecule has 0 unspecified atom stereocenters. The quantitative estimate of drug-likeness (QED) is 0.869. The molecular weight excluding hydrogens is 314 g/mol. The lowest BCUT2D eigenvalue weighted by Gasteiger charge is -2.44. The fourth-order valence-corrected chi connectivity index (χ4v) is 8.28. The van der Waals surface area contributed by atoms with Crippen LogP contribution in [0.5, 0.6) is 0 Å². The summed E-state index contributed by atoms with van der Waals surface area (Å²) < 4.78 is 6.86. The molecule has 0 aliphatic carbocycles. The van der Waals surface area contributed by atoms with E-state index >= 15 is 0 Å². The molecule has 1 atom stereocenters. The Morgan fingerprint density at radius 2 is 1.46 bits per heavy atom. The van der Waals surface area contributed by atoms with Crippen molar-refractivity contribution in [2.75, 3.05) is 6.54 Å². The Morgan fingerprint density at radius 1 is 0.958 bits per heavy atom. The number of amides is 1. The lowest BCUT2D eigenvalue weighted by molar-refractivity contribution is -0.119. The van der Waals surface area contributed by atoms with Gasteiger partial charge >= 0.3 is 0 Å². The predicted octanol–water partition coefficient (Wildman–Crippen LogP) is 2.45. The summed E-state index contributed by atoms with van der Waals surface area (Å²) in [5.74, 6) is 0.0814. The molecule has 0 aromatic heterocycles. The van der Waals surface area contributed by atoms with Gasteiger partial charge in [0.2, 0.25) is 5.91 Å². The smallest absolute Gasteiger partial charge is 0.261 e. The van der Waals surface area contributed by atoms with E-state index < -0.39 is 8.32 Å². The zero-order chi connectivity index (χ0) is 17.2. The molecule has 1 saturated heterocycles. The number of benzene rings is 2. The van der Waals surface area contributed by atoms with Crippen molar-refractivity contribution in [3.8, 4) is 0 Å². The monoisotopic (exact) mass is 339 g/mol. The molecule has 24 heavy (non-hydrogen) atoms. The molecule has 0 bridgehead atoms. The van der Waals surface area contributed by atoms with Gasteiger partial charge in [-0.1, -0.05) is 81.4 Å². The standard InChI is InChI=1S/C20H25NO2Si/c1-20(2,3)24(17-10-6-4-7-11-17,18-12-8-5-9-13-18)23-16-14-19(22)21-15-16/h4-13,16H,14-15H2,1-3H3,(H,21,22)/t16-/m0/s1. The molecule has 1 aliphatic heterocycles. The number of hydrogen-bond acceptors (Lipinski definition) is 2. The van der Waals surface area contributed by atoms with Crippen LogP contribution in [0.15, 0.2) is 60.7 Å². The van der Waals surface area contributed by atoms with E-state index in [9.17, 15) is 4.79 Å². The van der Waals surface area contributed by atoms with Gasteiger partial charge in [-0.25, -0.2) is 0 Å². The van der Waals surface area contributed by atoms with Gasteiger partial charge in [-0.05, 0) is 15.4 Å². The van der Waals surface area contributed by atoms with E-state index in [0.717, 1.165) is 0 Å². The van der Waals surface area contributed by atoms with Crippen molar-refractivity contribution in [1.29, 1.82) is 0 Å². The fraction of sp³-hybridized carbons (Fsp3) is 0.350. The molecule has 0 spiro atoms. The normalized spacial score (nSPS) is 18.5. The van der Waals surface area contributed by atoms with Gasteiger partial charge in [0.15, 0.2) is 0 Å². The molecular formula is C20H25NO2Si. The summed E-state index contributed by atoms with van der Waals surface area (Å²) in [4.78, 5) is 11.7. The molecule has 1 amide bonds. The van der Waals surface area contributed by atoms with Crippen LogP contribution in [-0.2, 0) is 9.22 Å². The van der Waals surface area contributed by atoms with E-state index in [1.165, 1.54) is 10.4 Å². The van der Waals surface area contributed by atoms with E-state index in [2.05, 4.69) is 74.6 Å². The average molecular weight is 340 g/mol. The highest BCUT2D eigenvalue weighted by Crippen LogP contribution is 2.38. The number of rotatable bonds is 4. The maximum Gasteiger partial charge on any atom is 0.261 e. The molecule has 0 saturated carbocycles. The molecule has 0 radical (unpaired) electrons. The van der Waals surface area contributed by atoms with Crippen molar-refractivity contribution in [3.05, 3.63) is 60.7 Å². The molecule has 1 aliphatic rings. The lowest BCUT2D eigenvalue weighted by Crippen LogP contribution is -2.67. The van der Waals surface area contributed by atoms with Crippen molar-refractivity contribution in [2.24, 2.45) is 0 Å². The van der Waals surface area contributed by atoms with Gasteiger partial charge in [0.1, 0.15) is 0 Å². The summed E-state index contributed by atoms with van der Waals surface area (Å²) in [5.41, 5.74) is 0. The van der Waals surface area contributed by atoms with Gasteiger partial charge in [-0.2, -0.15) is 0 Å². The summed E-state index contributed by atoms with van der Waals surface area (Å²) in [7, 11) is -2.54. The number of carbonyl (C=O) groups excluding carboxylic acids is 1. The second-order valence-electron chi connectivity index (χ2n) is 7.41. The first-order valence-corrected chi connectivity index (χ1v) is 10.4. The van der Waals surface area contributed by atoms with Crippen LogP contribution in [0.1, 0.15) is 27.2 Å². The Morgan fingerprint density at radius 3 is 1.83 bits per heavy atom. The van der Waals surface area contributed by atoms with Gasteiger partial charge in [-0.3, -0.25) is 4.79 Å². The Hall–Kier alpha value is -1.91. The van der Waals surface area contributed by atoms with E-state index in [1.807, 2.05) is 12.1 Å². The first-order chi connectivity index (χ1) is 11.4. The van der Waals surface area contributed by atoms with Crippen molar-refractivity contribution >= 4 is 24.6 Å². The average Bonchev–Trinajstić information content (AvgIpc) is 2.98. The maximum atomic E-state index is 11.7. The third-order valence-corrected chi connectivity index (χ3v) is 9.79. The first-order valence-electron chi connectivity index (χ1n) is 8.49. The van der Waals surface area contributed by atoms with Crippen LogP contribution in [0.4, 0.5) is 0 Å². The SMILES string of the molecule is CC(C)(C)[Si](O[C@@H]1CNC(=O)C1)(c1ccccc1)c1ccccc1. The molecule has 4 heteroatoms. The zero-order valence-electron chi connectivity index (χ0n) is 14.6. The van der Waals surface area contributed by atoms with E-state index in [-0.39, 0.29) is 17.0 Å². The Balaban J connectivity index is 2.15. The molecule has 126 valence electrons. The Labute approximate surface area is 145 Å². The molecule has 1 N–H and O–H groups in total.